The Balaban J connectivity index is 1.08. The lowest BCUT2D eigenvalue weighted by molar-refractivity contribution is 0.186. The SMILES string of the molecule is O=C(NCCCN1CCc2ccccc2C1)NC1CCN(Cc2ccccc2)CC1. The zero-order chi connectivity index (χ0) is 20.6. The lowest BCUT2D eigenvalue weighted by Gasteiger charge is -2.32. The van der Waals surface area contributed by atoms with E-state index in [1.54, 1.807) is 0 Å². The lowest BCUT2D eigenvalue weighted by Crippen LogP contribution is -2.48. The van der Waals surface area contributed by atoms with E-state index in [-0.39, 0.29) is 12.1 Å². The summed E-state index contributed by atoms with van der Waals surface area (Å²) in [6.45, 7) is 6.99. The van der Waals surface area contributed by atoms with E-state index in [1.165, 1.54) is 16.7 Å². The molecule has 2 aliphatic rings. The topological polar surface area (TPSA) is 47.6 Å². The Morgan fingerprint density at radius 3 is 2.43 bits per heavy atom. The smallest absolute Gasteiger partial charge is 0.315 e. The van der Waals surface area contributed by atoms with Gasteiger partial charge < -0.3 is 10.6 Å². The third-order valence-corrected chi connectivity index (χ3v) is 6.32. The van der Waals surface area contributed by atoms with Gasteiger partial charge in [0.15, 0.2) is 0 Å². The third-order valence-electron chi connectivity index (χ3n) is 6.32. The molecule has 0 unspecified atom stereocenters. The maximum atomic E-state index is 12.2. The van der Waals surface area contributed by atoms with Gasteiger partial charge in [0, 0.05) is 51.9 Å². The van der Waals surface area contributed by atoms with Crippen LogP contribution in [0.15, 0.2) is 54.6 Å². The van der Waals surface area contributed by atoms with E-state index >= 15 is 0 Å². The Bertz CT molecular complexity index is 802. The summed E-state index contributed by atoms with van der Waals surface area (Å²) < 4.78 is 0. The van der Waals surface area contributed by atoms with Gasteiger partial charge in [0.05, 0.1) is 0 Å². The number of likely N-dealkylation sites (tertiary alicyclic amines) is 1. The fraction of sp³-hybridized carbons (Fsp3) is 0.480. The number of nitrogens with zero attached hydrogens (tertiary/aromatic N) is 2. The van der Waals surface area contributed by atoms with Gasteiger partial charge in [-0.15, -0.1) is 0 Å². The molecule has 1 fully saturated rings. The molecule has 0 aromatic heterocycles. The van der Waals surface area contributed by atoms with E-state index in [1.807, 2.05) is 0 Å². The van der Waals surface area contributed by atoms with Crippen molar-refractivity contribution < 1.29 is 4.79 Å². The van der Waals surface area contributed by atoms with Crippen LogP contribution in [0.5, 0.6) is 0 Å². The van der Waals surface area contributed by atoms with Gasteiger partial charge in [0.25, 0.3) is 0 Å². The van der Waals surface area contributed by atoms with Crippen molar-refractivity contribution in [2.75, 3.05) is 32.7 Å². The highest BCUT2D eigenvalue weighted by molar-refractivity contribution is 5.74. The maximum Gasteiger partial charge on any atom is 0.315 e. The number of rotatable bonds is 7. The van der Waals surface area contributed by atoms with Crippen LogP contribution < -0.4 is 10.6 Å². The van der Waals surface area contributed by atoms with Gasteiger partial charge in [-0.2, -0.15) is 0 Å². The molecular weight excluding hydrogens is 372 g/mol. The molecular formula is C25H34N4O. The first-order valence-corrected chi connectivity index (χ1v) is 11.4. The summed E-state index contributed by atoms with van der Waals surface area (Å²) in [5.74, 6) is 0. The van der Waals surface area contributed by atoms with E-state index in [4.69, 9.17) is 0 Å². The van der Waals surface area contributed by atoms with Gasteiger partial charge in [0.2, 0.25) is 0 Å². The van der Waals surface area contributed by atoms with E-state index < -0.39 is 0 Å². The van der Waals surface area contributed by atoms with Gasteiger partial charge in [-0.3, -0.25) is 9.80 Å². The molecule has 5 nitrogen and oxygen atoms in total. The summed E-state index contributed by atoms with van der Waals surface area (Å²) in [5, 5.41) is 6.21. The monoisotopic (exact) mass is 406 g/mol. The minimum absolute atomic E-state index is 0.0134. The third kappa shape index (κ3) is 6.07. The first kappa shape index (κ1) is 20.9. The summed E-state index contributed by atoms with van der Waals surface area (Å²) in [5.41, 5.74) is 4.30. The molecule has 2 amide bonds. The average molecular weight is 407 g/mol. The number of benzene rings is 2. The average Bonchev–Trinajstić information content (AvgIpc) is 2.79. The van der Waals surface area contributed by atoms with E-state index in [0.717, 1.165) is 71.5 Å². The largest absolute Gasteiger partial charge is 0.338 e. The van der Waals surface area contributed by atoms with Crippen molar-refractivity contribution in [3.8, 4) is 0 Å². The van der Waals surface area contributed by atoms with Crippen molar-refractivity contribution >= 4 is 6.03 Å². The van der Waals surface area contributed by atoms with Crippen LogP contribution in [0, 0.1) is 0 Å². The highest BCUT2D eigenvalue weighted by Crippen LogP contribution is 2.18. The minimum atomic E-state index is -0.0134. The molecule has 4 rings (SSSR count). The van der Waals surface area contributed by atoms with Crippen LogP contribution in [-0.4, -0.2) is 54.6 Å². The first-order chi connectivity index (χ1) is 14.8. The second-order valence-electron chi connectivity index (χ2n) is 8.58. The highest BCUT2D eigenvalue weighted by Gasteiger charge is 2.20. The fourth-order valence-corrected chi connectivity index (χ4v) is 4.56. The predicted octanol–water partition coefficient (Wildman–Crippen LogP) is 3.40. The lowest BCUT2D eigenvalue weighted by atomic mass is 10.00. The van der Waals surface area contributed by atoms with Gasteiger partial charge >= 0.3 is 6.03 Å². The molecule has 2 N–H and O–H groups in total. The van der Waals surface area contributed by atoms with E-state index in [2.05, 4.69) is 75.0 Å². The standard InChI is InChI=1S/C25H34N4O/c30-25(26-14-6-15-28-16-11-22-9-4-5-10-23(22)20-28)27-24-12-17-29(18-13-24)19-21-7-2-1-3-8-21/h1-5,7-10,24H,6,11-20H2,(H2,26,27,30). The van der Waals surface area contributed by atoms with Crippen molar-refractivity contribution in [3.63, 3.8) is 0 Å². The minimum Gasteiger partial charge on any atom is -0.338 e. The molecule has 160 valence electrons. The van der Waals surface area contributed by atoms with E-state index in [9.17, 15) is 4.79 Å². The molecule has 5 heteroatoms. The molecule has 0 spiro atoms. The zero-order valence-corrected chi connectivity index (χ0v) is 17.9. The van der Waals surface area contributed by atoms with Crippen molar-refractivity contribution in [1.29, 1.82) is 0 Å². The quantitative estimate of drug-likeness (QED) is 0.693. The van der Waals surface area contributed by atoms with Crippen LogP contribution in [0.4, 0.5) is 4.79 Å². The Morgan fingerprint density at radius 2 is 1.63 bits per heavy atom. The zero-order valence-electron chi connectivity index (χ0n) is 17.9. The Morgan fingerprint density at radius 1 is 0.900 bits per heavy atom. The molecule has 0 aliphatic carbocycles. The number of urea groups is 1. The number of fused-ring (bicyclic) bond motifs is 1. The summed E-state index contributed by atoms with van der Waals surface area (Å²) >= 11 is 0. The van der Waals surface area contributed by atoms with Gasteiger partial charge in [-0.05, 0) is 42.4 Å². The molecule has 1 saturated heterocycles. The summed E-state index contributed by atoms with van der Waals surface area (Å²) in [6.07, 6.45) is 4.17. The molecule has 0 radical (unpaired) electrons. The molecule has 0 bridgehead atoms. The van der Waals surface area contributed by atoms with Gasteiger partial charge in [-0.1, -0.05) is 54.6 Å². The van der Waals surface area contributed by atoms with Crippen LogP contribution in [-0.2, 0) is 19.5 Å². The number of hydrogen-bond donors (Lipinski definition) is 2. The predicted molar refractivity (Wildman–Crippen MR) is 121 cm³/mol. The van der Waals surface area contributed by atoms with Crippen molar-refractivity contribution in [3.05, 3.63) is 71.3 Å². The number of carbonyl (C=O) groups is 1. The molecule has 2 aromatic carbocycles. The van der Waals surface area contributed by atoms with Crippen LogP contribution >= 0.6 is 0 Å². The number of hydrogen-bond acceptors (Lipinski definition) is 3. The molecule has 30 heavy (non-hydrogen) atoms. The highest BCUT2D eigenvalue weighted by atomic mass is 16.2. The van der Waals surface area contributed by atoms with Crippen LogP contribution in [0.25, 0.3) is 0 Å². The van der Waals surface area contributed by atoms with Crippen molar-refractivity contribution in [2.24, 2.45) is 0 Å². The number of amides is 2. The fourth-order valence-electron chi connectivity index (χ4n) is 4.56. The number of carbonyl (C=O) groups excluding carboxylic acids is 1. The first-order valence-electron chi connectivity index (χ1n) is 11.4. The Hall–Kier alpha value is -2.37. The number of nitrogens with one attached hydrogen (secondary N) is 2. The van der Waals surface area contributed by atoms with Crippen LogP contribution in [0.2, 0.25) is 0 Å². The molecule has 0 atom stereocenters. The van der Waals surface area contributed by atoms with Crippen LogP contribution in [0.3, 0.4) is 0 Å². The maximum absolute atomic E-state index is 12.2. The Kier molecular flexibility index (Phi) is 7.38. The van der Waals surface area contributed by atoms with Crippen LogP contribution in [0.1, 0.15) is 36.0 Å². The summed E-state index contributed by atoms with van der Waals surface area (Å²) in [7, 11) is 0. The normalized spacial score (nSPS) is 18.0. The van der Waals surface area contributed by atoms with Gasteiger partial charge in [0.1, 0.15) is 0 Å². The van der Waals surface area contributed by atoms with Gasteiger partial charge in [-0.25, -0.2) is 4.79 Å². The Labute approximate surface area is 180 Å². The molecule has 0 saturated carbocycles. The van der Waals surface area contributed by atoms with E-state index in [0.29, 0.717) is 0 Å². The van der Waals surface area contributed by atoms with Crippen molar-refractivity contribution in [1.82, 2.24) is 20.4 Å². The summed E-state index contributed by atoms with van der Waals surface area (Å²) in [4.78, 5) is 17.2. The molecule has 2 aliphatic heterocycles. The number of piperidine rings is 1. The second-order valence-corrected chi connectivity index (χ2v) is 8.58. The van der Waals surface area contributed by atoms with Crippen molar-refractivity contribution in [2.45, 2.75) is 44.8 Å². The molecule has 2 heterocycles. The second kappa shape index (κ2) is 10.6. The molecule has 2 aromatic rings. The summed E-state index contributed by atoms with van der Waals surface area (Å²) in [6, 6.07) is 19.6.